The number of pyridine rings is 1. The molecule has 176 valence electrons. The molecule has 0 radical (unpaired) electrons. The minimum Gasteiger partial charge on any atom is -0.369 e. The van der Waals surface area contributed by atoms with Crippen LogP contribution in [0.15, 0.2) is 47.3 Å². The Morgan fingerprint density at radius 1 is 1.06 bits per heavy atom. The molecule has 3 aliphatic heterocycles. The van der Waals surface area contributed by atoms with Crippen molar-refractivity contribution in [1.29, 1.82) is 0 Å². The molecule has 0 bridgehead atoms. The van der Waals surface area contributed by atoms with Crippen LogP contribution in [-0.4, -0.2) is 54.6 Å². The predicted octanol–water partition coefficient (Wildman–Crippen LogP) is 4.75. The molecule has 0 spiro atoms. The first-order valence-corrected chi connectivity index (χ1v) is 13.3. The number of fused-ring (bicyclic) bond motifs is 3. The number of thiophene rings is 1. The molecule has 2 fully saturated rings. The number of hydrogen-bond acceptors (Lipinski definition) is 6. The van der Waals surface area contributed by atoms with Crippen LogP contribution >= 0.6 is 11.3 Å². The van der Waals surface area contributed by atoms with Gasteiger partial charge in [0.05, 0.1) is 5.69 Å². The van der Waals surface area contributed by atoms with E-state index in [0.29, 0.717) is 0 Å². The average molecular weight is 474 g/mol. The van der Waals surface area contributed by atoms with Crippen LogP contribution in [0.3, 0.4) is 0 Å². The lowest BCUT2D eigenvalue weighted by molar-refractivity contribution is -0.118. The maximum Gasteiger partial charge on any atom is 0.247 e. The second-order valence-electron chi connectivity index (χ2n) is 9.69. The maximum atomic E-state index is 12.6. The van der Waals surface area contributed by atoms with Gasteiger partial charge < -0.3 is 15.1 Å². The SMILES string of the molecule is Cc1cscc1-c1ccc(N2CCN(Cc3cnc4c(c3)NC(=O)[C@@H]3CCCCN43)CC2)cc1. The van der Waals surface area contributed by atoms with Gasteiger partial charge in [-0.2, -0.15) is 11.3 Å². The number of nitrogens with one attached hydrogen (secondary N) is 1. The van der Waals surface area contributed by atoms with Gasteiger partial charge in [0.1, 0.15) is 6.04 Å². The summed E-state index contributed by atoms with van der Waals surface area (Å²) in [6.45, 7) is 8.03. The predicted molar refractivity (Wildman–Crippen MR) is 140 cm³/mol. The van der Waals surface area contributed by atoms with E-state index in [0.717, 1.165) is 70.0 Å². The molecule has 0 aliphatic carbocycles. The second-order valence-corrected chi connectivity index (χ2v) is 10.4. The molecule has 3 aliphatic rings. The molecule has 0 unspecified atom stereocenters. The fourth-order valence-corrected chi connectivity index (χ4v) is 6.37. The van der Waals surface area contributed by atoms with Gasteiger partial charge in [0, 0.05) is 51.2 Å². The van der Waals surface area contributed by atoms with E-state index in [1.807, 2.05) is 6.20 Å². The smallest absolute Gasteiger partial charge is 0.247 e. The lowest BCUT2D eigenvalue weighted by atomic mass is 9.99. The fraction of sp³-hybridized carbons (Fsp3) is 0.407. The molecule has 34 heavy (non-hydrogen) atoms. The van der Waals surface area contributed by atoms with Crippen LogP contribution in [0.2, 0.25) is 0 Å². The first-order valence-electron chi connectivity index (χ1n) is 12.3. The van der Waals surface area contributed by atoms with Crippen molar-refractivity contribution >= 4 is 34.4 Å². The van der Waals surface area contributed by atoms with Gasteiger partial charge in [0.15, 0.2) is 5.82 Å². The van der Waals surface area contributed by atoms with E-state index in [1.54, 1.807) is 11.3 Å². The Morgan fingerprint density at radius 3 is 2.65 bits per heavy atom. The molecule has 1 N–H and O–H groups in total. The number of aromatic nitrogens is 1. The molecule has 1 amide bonds. The van der Waals surface area contributed by atoms with Gasteiger partial charge in [0.25, 0.3) is 0 Å². The Kier molecular flexibility index (Phi) is 5.75. The van der Waals surface area contributed by atoms with Gasteiger partial charge in [-0.1, -0.05) is 12.1 Å². The number of piperazine rings is 1. The Morgan fingerprint density at radius 2 is 1.88 bits per heavy atom. The Balaban J connectivity index is 1.08. The van der Waals surface area contributed by atoms with Crippen molar-refractivity contribution < 1.29 is 4.79 Å². The summed E-state index contributed by atoms with van der Waals surface area (Å²) in [4.78, 5) is 24.5. The van der Waals surface area contributed by atoms with Gasteiger partial charge in [-0.15, -0.1) is 0 Å². The van der Waals surface area contributed by atoms with E-state index in [9.17, 15) is 4.79 Å². The van der Waals surface area contributed by atoms with E-state index in [-0.39, 0.29) is 11.9 Å². The van der Waals surface area contributed by atoms with Gasteiger partial charge in [-0.05, 0) is 77.4 Å². The van der Waals surface area contributed by atoms with Crippen LogP contribution in [0.4, 0.5) is 17.2 Å². The van der Waals surface area contributed by atoms with E-state index in [1.165, 1.54) is 27.9 Å². The second kappa shape index (κ2) is 9.04. The highest BCUT2D eigenvalue weighted by molar-refractivity contribution is 7.08. The highest BCUT2D eigenvalue weighted by Crippen LogP contribution is 2.35. The largest absolute Gasteiger partial charge is 0.369 e. The zero-order chi connectivity index (χ0) is 23.1. The van der Waals surface area contributed by atoms with Crippen LogP contribution in [0.5, 0.6) is 0 Å². The molecule has 2 aromatic heterocycles. The first-order chi connectivity index (χ1) is 16.7. The molecule has 5 heterocycles. The quantitative estimate of drug-likeness (QED) is 0.593. The minimum atomic E-state index is -0.0454. The standard InChI is InChI=1S/C27H31N5OS/c1-19-17-34-18-23(19)21-5-7-22(8-6-21)31-12-10-30(11-13-31)16-20-14-24-26(28-15-20)32-9-3-2-4-25(32)27(33)29-24/h5-8,14-15,17-18,25H,2-4,9-13,16H2,1H3,(H,29,33)/t25-/m0/s1. The number of carbonyl (C=O) groups excluding carboxylic acids is 1. The number of amides is 1. The van der Waals surface area contributed by atoms with Gasteiger partial charge >= 0.3 is 0 Å². The van der Waals surface area contributed by atoms with Crippen molar-refractivity contribution in [2.75, 3.05) is 47.8 Å². The van der Waals surface area contributed by atoms with Crippen molar-refractivity contribution in [2.45, 2.75) is 38.8 Å². The summed E-state index contributed by atoms with van der Waals surface area (Å²) in [6.07, 6.45) is 5.18. The summed E-state index contributed by atoms with van der Waals surface area (Å²) in [5.41, 5.74) is 7.32. The molecular weight excluding hydrogens is 442 g/mol. The summed E-state index contributed by atoms with van der Waals surface area (Å²) < 4.78 is 0. The zero-order valence-electron chi connectivity index (χ0n) is 19.7. The van der Waals surface area contributed by atoms with E-state index in [2.05, 4.69) is 68.0 Å². The molecule has 6 rings (SSSR count). The maximum absolute atomic E-state index is 12.6. The van der Waals surface area contributed by atoms with Gasteiger partial charge in [-0.3, -0.25) is 9.69 Å². The number of anilines is 3. The molecule has 6 nitrogen and oxygen atoms in total. The number of carbonyl (C=O) groups is 1. The molecule has 2 saturated heterocycles. The van der Waals surface area contributed by atoms with Crippen molar-refractivity contribution in [3.05, 3.63) is 58.4 Å². The highest BCUT2D eigenvalue weighted by Gasteiger charge is 2.35. The zero-order valence-corrected chi connectivity index (χ0v) is 20.5. The van der Waals surface area contributed by atoms with Gasteiger partial charge in [0.2, 0.25) is 5.91 Å². The molecule has 3 aromatic rings. The minimum absolute atomic E-state index is 0.0454. The molecule has 1 aromatic carbocycles. The fourth-order valence-electron chi connectivity index (χ4n) is 5.51. The Hall–Kier alpha value is -2.90. The molecule has 1 atom stereocenters. The van der Waals surface area contributed by atoms with Crippen LogP contribution in [0.25, 0.3) is 11.1 Å². The van der Waals surface area contributed by atoms with Crippen molar-refractivity contribution in [2.24, 2.45) is 0 Å². The normalized spacial score (nSPS) is 20.6. The van der Waals surface area contributed by atoms with Crippen LogP contribution in [0.1, 0.15) is 30.4 Å². The van der Waals surface area contributed by atoms with E-state index >= 15 is 0 Å². The third-order valence-electron chi connectivity index (χ3n) is 7.44. The number of aryl methyl sites for hydroxylation is 1. The van der Waals surface area contributed by atoms with Gasteiger partial charge in [-0.25, -0.2) is 4.98 Å². The summed E-state index contributed by atoms with van der Waals surface area (Å²) in [7, 11) is 0. The third-order valence-corrected chi connectivity index (χ3v) is 8.30. The highest BCUT2D eigenvalue weighted by atomic mass is 32.1. The average Bonchev–Trinajstić information content (AvgIpc) is 3.30. The molecular formula is C27H31N5OS. The van der Waals surface area contributed by atoms with Crippen LogP contribution < -0.4 is 15.1 Å². The van der Waals surface area contributed by atoms with Crippen molar-refractivity contribution in [1.82, 2.24) is 9.88 Å². The van der Waals surface area contributed by atoms with Crippen molar-refractivity contribution in [3.63, 3.8) is 0 Å². The number of nitrogens with zero attached hydrogens (tertiary/aromatic N) is 4. The first kappa shape index (κ1) is 21.6. The van der Waals surface area contributed by atoms with Crippen molar-refractivity contribution in [3.8, 4) is 11.1 Å². The molecule has 0 saturated carbocycles. The topological polar surface area (TPSA) is 51.7 Å². The third kappa shape index (κ3) is 4.07. The lowest BCUT2D eigenvalue weighted by Gasteiger charge is -2.40. The monoisotopic (exact) mass is 473 g/mol. The summed E-state index contributed by atoms with van der Waals surface area (Å²) >= 11 is 1.76. The summed E-state index contributed by atoms with van der Waals surface area (Å²) in [6, 6.07) is 11.1. The number of piperidine rings is 1. The van der Waals surface area contributed by atoms with Crippen LogP contribution in [-0.2, 0) is 11.3 Å². The Bertz CT molecular complexity index is 1180. The van der Waals surface area contributed by atoms with Crippen LogP contribution in [0, 0.1) is 6.92 Å². The van der Waals surface area contributed by atoms with E-state index in [4.69, 9.17) is 4.98 Å². The lowest BCUT2D eigenvalue weighted by Crippen LogP contribution is -2.51. The number of hydrogen-bond donors (Lipinski definition) is 1. The number of rotatable bonds is 4. The number of benzene rings is 1. The Labute approximate surface area is 205 Å². The molecule has 7 heteroatoms. The van der Waals surface area contributed by atoms with E-state index < -0.39 is 0 Å². The summed E-state index contributed by atoms with van der Waals surface area (Å²) in [5, 5.41) is 7.55. The summed E-state index contributed by atoms with van der Waals surface area (Å²) in [5.74, 6) is 1.07.